The molecule has 19 heavy (non-hydrogen) atoms. The first-order valence-electron chi connectivity index (χ1n) is 5.84. The summed E-state index contributed by atoms with van der Waals surface area (Å²) in [4.78, 5) is 12.3. The van der Waals surface area contributed by atoms with E-state index in [1.54, 1.807) is 19.1 Å². The van der Waals surface area contributed by atoms with E-state index in [9.17, 15) is 22.4 Å². The van der Waals surface area contributed by atoms with Crippen molar-refractivity contribution in [3.63, 3.8) is 0 Å². The summed E-state index contributed by atoms with van der Waals surface area (Å²) in [5, 5.41) is 0. The first-order valence-corrected chi connectivity index (χ1v) is 5.84. The molecule has 0 aliphatic heterocycles. The van der Waals surface area contributed by atoms with E-state index in [1.807, 2.05) is 0 Å². The van der Waals surface area contributed by atoms with E-state index in [2.05, 4.69) is 0 Å². The molecule has 0 atom stereocenters. The molecular weight excluding hydrogens is 266 g/mol. The molecule has 0 bridgehead atoms. The van der Waals surface area contributed by atoms with Crippen molar-refractivity contribution in [2.75, 3.05) is 0 Å². The van der Waals surface area contributed by atoms with Crippen molar-refractivity contribution in [1.29, 1.82) is 0 Å². The second-order valence-corrected chi connectivity index (χ2v) is 4.60. The molecule has 1 aromatic heterocycles. The molecule has 1 aliphatic carbocycles. The Bertz CT molecular complexity index is 468. The summed E-state index contributed by atoms with van der Waals surface area (Å²) in [6.45, 7) is 1.46. The van der Waals surface area contributed by atoms with Crippen molar-refractivity contribution in [2.24, 2.45) is 0 Å². The first kappa shape index (κ1) is 13.9. The number of alkyl halides is 4. The van der Waals surface area contributed by atoms with Crippen LogP contribution in [0.15, 0.2) is 16.5 Å². The summed E-state index contributed by atoms with van der Waals surface area (Å²) >= 11 is 0. The minimum atomic E-state index is -4.65. The number of rotatable bonds is 5. The number of halogens is 4. The second kappa shape index (κ2) is 4.86. The van der Waals surface area contributed by atoms with E-state index < -0.39 is 24.3 Å². The number of amides is 1. The smallest absolute Gasteiger partial charge is 0.383 e. The average molecular weight is 279 g/mol. The van der Waals surface area contributed by atoms with Gasteiger partial charge in [-0.15, -0.1) is 0 Å². The molecule has 0 radical (unpaired) electrons. The fourth-order valence-corrected chi connectivity index (χ4v) is 1.78. The molecule has 1 amide bonds. The van der Waals surface area contributed by atoms with Gasteiger partial charge in [-0.25, -0.2) is 8.78 Å². The molecule has 2 rings (SSSR count). The highest BCUT2D eigenvalue weighted by Gasteiger charge is 2.53. The van der Waals surface area contributed by atoms with Crippen LogP contribution in [-0.2, 0) is 11.3 Å². The number of carbonyl (C=O) groups is 1. The third-order valence-electron chi connectivity index (χ3n) is 2.93. The lowest BCUT2D eigenvalue weighted by Crippen LogP contribution is -2.48. The number of hydrogen-bond acceptors (Lipinski definition) is 2. The summed E-state index contributed by atoms with van der Waals surface area (Å²) < 4.78 is 55.9. The van der Waals surface area contributed by atoms with Crippen LogP contribution in [0.4, 0.5) is 17.6 Å². The molecule has 0 unspecified atom stereocenters. The van der Waals surface area contributed by atoms with Crippen LogP contribution in [0.3, 0.4) is 0 Å². The van der Waals surface area contributed by atoms with Crippen molar-refractivity contribution < 1.29 is 26.8 Å². The van der Waals surface area contributed by atoms with Gasteiger partial charge in [-0.2, -0.15) is 8.78 Å². The normalized spacial score (nSPS) is 15.9. The summed E-state index contributed by atoms with van der Waals surface area (Å²) in [6.07, 6.45) is -2.91. The summed E-state index contributed by atoms with van der Waals surface area (Å²) in [6, 6.07) is 2.76. The molecule has 1 aromatic rings. The monoisotopic (exact) mass is 279 g/mol. The number of hydrogen-bond donors (Lipinski definition) is 0. The first-order chi connectivity index (χ1) is 8.82. The second-order valence-electron chi connectivity index (χ2n) is 4.60. The van der Waals surface area contributed by atoms with Crippen LogP contribution in [-0.4, -0.2) is 29.2 Å². The zero-order valence-corrected chi connectivity index (χ0v) is 10.2. The Morgan fingerprint density at radius 2 is 2.11 bits per heavy atom. The van der Waals surface area contributed by atoms with E-state index in [1.165, 1.54) is 0 Å². The maximum absolute atomic E-state index is 13.1. The lowest BCUT2D eigenvalue weighted by atomic mass is 10.2. The van der Waals surface area contributed by atoms with E-state index in [4.69, 9.17) is 4.42 Å². The van der Waals surface area contributed by atoms with Gasteiger partial charge in [-0.3, -0.25) is 4.79 Å². The van der Waals surface area contributed by atoms with Crippen LogP contribution in [0, 0.1) is 6.92 Å². The highest BCUT2D eigenvalue weighted by Crippen LogP contribution is 2.34. The lowest BCUT2D eigenvalue weighted by molar-refractivity contribution is -0.182. The van der Waals surface area contributed by atoms with Crippen LogP contribution in [0.2, 0.25) is 0 Å². The summed E-state index contributed by atoms with van der Waals surface area (Å²) in [7, 11) is 0. The fourth-order valence-electron chi connectivity index (χ4n) is 1.78. The topological polar surface area (TPSA) is 33.5 Å². The van der Waals surface area contributed by atoms with Crippen molar-refractivity contribution in [2.45, 2.75) is 44.7 Å². The van der Waals surface area contributed by atoms with Crippen LogP contribution in [0.1, 0.15) is 24.4 Å². The van der Waals surface area contributed by atoms with Crippen molar-refractivity contribution in [3.05, 3.63) is 23.7 Å². The van der Waals surface area contributed by atoms with Gasteiger partial charge in [0.1, 0.15) is 11.5 Å². The van der Waals surface area contributed by atoms with E-state index in [0.29, 0.717) is 24.4 Å². The SMILES string of the molecule is Cc1ccc(CN(C(=O)C(F)(F)C(F)F)C2CC2)o1. The molecular formula is C12H13F4NO2. The largest absolute Gasteiger partial charge is 0.464 e. The highest BCUT2D eigenvalue weighted by molar-refractivity contribution is 5.84. The molecule has 0 N–H and O–H groups in total. The third kappa shape index (κ3) is 2.90. The fraction of sp³-hybridized carbons (Fsp3) is 0.583. The van der Waals surface area contributed by atoms with Gasteiger partial charge in [0.2, 0.25) is 0 Å². The Labute approximate surface area is 107 Å². The number of carbonyl (C=O) groups excluding carboxylic acids is 1. The minimum Gasteiger partial charge on any atom is -0.464 e. The van der Waals surface area contributed by atoms with Gasteiger partial charge in [-0.1, -0.05) is 0 Å². The van der Waals surface area contributed by atoms with Crippen LogP contribution >= 0.6 is 0 Å². The predicted octanol–water partition coefficient (Wildman–Crippen LogP) is 2.98. The molecule has 7 heteroatoms. The highest BCUT2D eigenvalue weighted by atomic mass is 19.3. The van der Waals surface area contributed by atoms with Gasteiger partial charge >= 0.3 is 12.3 Å². The lowest BCUT2D eigenvalue weighted by Gasteiger charge is -2.25. The number of aryl methyl sites for hydroxylation is 1. The van der Waals surface area contributed by atoms with Crippen molar-refractivity contribution in [3.8, 4) is 0 Å². The zero-order chi connectivity index (χ0) is 14.2. The molecule has 3 nitrogen and oxygen atoms in total. The number of furan rings is 1. The Kier molecular flexibility index (Phi) is 3.56. The third-order valence-corrected chi connectivity index (χ3v) is 2.93. The molecule has 0 aromatic carbocycles. The average Bonchev–Trinajstić information content (AvgIpc) is 3.09. The van der Waals surface area contributed by atoms with E-state index in [-0.39, 0.29) is 6.54 Å². The van der Waals surface area contributed by atoms with Crippen molar-refractivity contribution in [1.82, 2.24) is 4.90 Å². The Balaban J connectivity index is 2.14. The van der Waals surface area contributed by atoms with Gasteiger partial charge in [0.25, 0.3) is 5.91 Å². The summed E-state index contributed by atoms with van der Waals surface area (Å²) in [5.41, 5.74) is 0. The van der Waals surface area contributed by atoms with Gasteiger partial charge in [0.15, 0.2) is 0 Å². The van der Waals surface area contributed by atoms with E-state index >= 15 is 0 Å². The quantitative estimate of drug-likeness (QED) is 0.776. The minimum absolute atomic E-state index is 0.209. The molecule has 1 saturated carbocycles. The predicted molar refractivity (Wildman–Crippen MR) is 58.0 cm³/mol. The van der Waals surface area contributed by atoms with Gasteiger partial charge in [0.05, 0.1) is 6.54 Å². The Hall–Kier alpha value is -1.53. The maximum Gasteiger partial charge on any atom is 0.383 e. The molecule has 0 spiro atoms. The summed E-state index contributed by atoms with van der Waals surface area (Å²) in [5.74, 6) is -5.61. The molecule has 1 fully saturated rings. The standard InChI is InChI=1S/C12H13F4NO2/c1-7-2-5-9(19-7)6-17(8-3-4-8)11(18)12(15,16)10(13)14/h2,5,8,10H,3-4,6H2,1H3. The van der Waals surface area contributed by atoms with Gasteiger partial charge in [0, 0.05) is 6.04 Å². The Morgan fingerprint density at radius 1 is 1.47 bits per heavy atom. The van der Waals surface area contributed by atoms with Crippen LogP contribution < -0.4 is 0 Å². The molecule has 106 valence electrons. The molecule has 1 heterocycles. The molecule has 0 saturated heterocycles. The Morgan fingerprint density at radius 3 is 2.53 bits per heavy atom. The van der Waals surface area contributed by atoms with E-state index in [0.717, 1.165) is 4.90 Å². The van der Waals surface area contributed by atoms with Crippen molar-refractivity contribution >= 4 is 5.91 Å². The maximum atomic E-state index is 13.1. The number of nitrogens with zero attached hydrogens (tertiary/aromatic N) is 1. The van der Waals surface area contributed by atoms with Gasteiger partial charge < -0.3 is 9.32 Å². The van der Waals surface area contributed by atoms with Crippen LogP contribution in [0.25, 0.3) is 0 Å². The van der Waals surface area contributed by atoms with Gasteiger partial charge in [-0.05, 0) is 31.9 Å². The molecule has 1 aliphatic rings. The zero-order valence-electron chi connectivity index (χ0n) is 10.2. The van der Waals surface area contributed by atoms with Crippen LogP contribution in [0.5, 0.6) is 0 Å².